The van der Waals surface area contributed by atoms with Gasteiger partial charge in [-0.3, -0.25) is 4.79 Å². The molecule has 1 atom stereocenters. The summed E-state index contributed by atoms with van der Waals surface area (Å²) in [6.45, 7) is 8.01. The molecular weight excluding hydrogens is 478 g/mol. The number of nitrogens with zero attached hydrogens (tertiary/aromatic N) is 4. The Labute approximate surface area is 202 Å². The van der Waals surface area contributed by atoms with Gasteiger partial charge in [-0.25, -0.2) is 8.42 Å². The molecule has 2 aromatic heterocycles. The number of carbonyl (C=O) groups excluding carboxylic acids is 1. The van der Waals surface area contributed by atoms with Crippen molar-refractivity contribution in [3.05, 3.63) is 52.2 Å². The number of carbonyl (C=O) groups is 1. The van der Waals surface area contributed by atoms with Crippen molar-refractivity contribution in [3.8, 4) is 6.07 Å². The van der Waals surface area contributed by atoms with Gasteiger partial charge in [-0.2, -0.15) is 5.26 Å². The first-order chi connectivity index (χ1) is 15.7. The van der Waals surface area contributed by atoms with Crippen molar-refractivity contribution in [1.82, 2.24) is 14.8 Å². The monoisotopic (exact) mass is 503 g/mol. The Kier molecular flexibility index (Phi) is 7.94. The molecule has 3 rings (SSSR count). The lowest BCUT2D eigenvalue weighted by Crippen LogP contribution is -2.25. The number of benzene rings is 1. The van der Waals surface area contributed by atoms with Crippen molar-refractivity contribution in [2.45, 2.75) is 61.7 Å². The summed E-state index contributed by atoms with van der Waals surface area (Å²) in [5.41, 5.74) is 1.35. The van der Waals surface area contributed by atoms with Gasteiger partial charge >= 0.3 is 0 Å². The molecule has 1 unspecified atom stereocenters. The first kappa shape index (κ1) is 25.0. The minimum atomic E-state index is -3.57. The fourth-order valence-electron chi connectivity index (χ4n) is 3.20. The molecule has 0 aliphatic rings. The van der Waals surface area contributed by atoms with Crippen LogP contribution in [0.15, 0.2) is 40.4 Å². The van der Waals surface area contributed by atoms with E-state index in [1.807, 2.05) is 27.7 Å². The van der Waals surface area contributed by atoms with Crippen molar-refractivity contribution in [2.75, 3.05) is 5.32 Å². The minimum absolute atomic E-state index is 0.227. The number of nitrogens with one attached hydrogen (secondary N) is 1. The Morgan fingerprint density at radius 3 is 2.55 bits per heavy atom. The van der Waals surface area contributed by atoms with Gasteiger partial charge in [0, 0.05) is 11.4 Å². The summed E-state index contributed by atoms with van der Waals surface area (Å²) in [4.78, 5) is 14.2. The molecule has 8 nitrogen and oxygen atoms in total. The van der Waals surface area contributed by atoms with Crippen molar-refractivity contribution >= 4 is 43.8 Å². The molecule has 1 aromatic carbocycles. The van der Waals surface area contributed by atoms with Gasteiger partial charge in [-0.1, -0.05) is 36.9 Å². The summed E-state index contributed by atoms with van der Waals surface area (Å²) < 4.78 is 27.3. The average Bonchev–Trinajstić information content (AvgIpc) is 3.30. The smallest absolute Gasteiger partial charge is 0.238 e. The molecule has 2 heterocycles. The molecule has 1 N–H and O–H groups in total. The van der Waals surface area contributed by atoms with Crippen LogP contribution in [0.25, 0.3) is 0 Å². The first-order valence-electron chi connectivity index (χ1n) is 10.4. The van der Waals surface area contributed by atoms with E-state index in [0.29, 0.717) is 34.5 Å². The zero-order valence-electron chi connectivity index (χ0n) is 18.8. The van der Waals surface area contributed by atoms with E-state index in [4.69, 9.17) is 0 Å². The van der Waals surface area contributed by atoms with Crippen LogP contribution in [0.2, 0.25) is 0 Å². The lowest BCUT2D eigenvalue weighted by atomic mass is 10.2. The summed E-state index contributed by atoms with van der Waals surface area (Å²) in [6, 6.07) is 10.4. The van der Waals surface area contributed by atoms with Crippen LogP contribution >= 0.6 is 23.1 Å². The molecule has 0 bridgehead atoms. The van der Waals surface area contributed by atoms with Gasteiger partial charge in [-0.15, -0.1) is 21.5 Å². The molecule has 1 amide bonds. The van der Waals surface area contributed by atoms with Crippen molar-refractivity contribution < 1.29 is 13.2 Å². The zero-order chi connectivity index (χ0) is 24.2. The summed E-state index contributed by atoms with van der Waals surface area (Å²) in [5.74, 6) is -0.180. The Bertz CT molecular complexity index is 1290. The standard InChI is InChI=1S/C22H25N5O3S3/c1-5-18(20(28)24-21-17(12-23)14(3)15(4)31-21)32-22-26-25-19(27(22)6-2)13-33(29,30)16-10-8-7-9-11-16/h7-11,18H,5-6,13H2,1-4H3,(H,24,28). The SMILES string of the molecule is CCC(Sc1nnc(CS(=O)(=O)c2ccccc2)n1CC)C(=O)Nc1sc(C)c(C)c1C#N. The minimum Gasteiger partial charge on any atom is -0.316 e. The van der Waals surface area contributed by atoms with Crippen LogP contribution < -0.4 is 5.32 Å². The molecule has 33 heavy (non-hydrogen) atoms. The highest BCUT2D eigenvalue weighted by Crippen LogP contribution is 2.33. The van der Waals surface area contributed by atoms with Gasteiger partial charge in [0.15, 0.2) is 15.0 Å². The lowest BCUT2D eigenvalue weighted by Gasteiger charge is -2.14. The second-order valence-corrected chi connectivity index (χ2v) is 11.7. The second kappa shape index (κ2) is 10.5. The highest BCUT2D eigenvalue weighted by molar-refractivity contribution is 8.00. The number of rotatable bonds is 9. The Balaban J connectivity index is 1.80. The second-order valence-electron chi connectivity index (χ2n) is 7.32. The molecule has 0 spiro atoms. The molecule has 0 aliphatic carbocycles. The maximum absolute atomic E-state index is 13.0. The molecule has 0 aliphatic heterocycles. The van der Waals surface area contributed by atoms with Crippen LogP contribution in [0.1, 0.15) is 42.1 Å². The molecule has 3 aromatic rings. The molecule has 0 fully saturated rings. The molecule has 0 radical (unpaired) electrons. The van der Waals surface area contributed by atoms with Gasteiger partial charge in [-0.05, 0) is 44.9 Å². The Morgan fingerprint density at radius 2 is 1.94 bits per heavy atom. The molecular formula is C22H25N5O3S3. The number of thiophene rings is 1. The Hall–Kier alpha value is -2.68. The number of anilines is 1. The van der Waals surface area contributed by atoms with Crippen LogP contribution in [-0.4, -0.2) is 34.3 Å². The van der Waals surface area contributed by atoms with E-state index >= 15 is 0 Å². The number of aryl methyl sites for hydroxylation is 1. The number of aromatic nitrogens is 3. The van der Waals surface area contributed by atoms with Crippen LogP contribution in [0.4, 0.5) is 5.00 Å². The predicted molar refractivity (Wildman–Crippen MR) is 130 cm³/mol. The van der Waals surface area contributed by atoms with E-state index in [9.17, 15) is 18.5 Å². The maximum Gasteiger partial charge on any atom is 0.238 e. The maximum atomic E-state index is 13.0. The highest BCUT2D eigenvalue weighted by Gasteiger charge is 2.26. The molecule has 11 heteroatoms. The summed E-state index contributed by atoms with van der Waals surface area (Å²) in [6.07, 6.45) is 0.524. The summed E-state index contributed by atoms with van der Waals surface area (Å²) in [5, 5.41) is 21.1. The van der Waals surface area contributed by atoms with Crippen LogP contribution in [0, 0.1) is 25.2 Å². The number of nitriles is 1. The number of amides is 1. The predicted octanol–water partition coefficient (Wildman–Crippen LogP) is 4.33. The third-order valence-electron chi connectivity index (χ3n) is 5.18. The van der Waals surface area contributed by atoms with Gasteiger partial charge in [0.25, 0.3) is 0 Å². The van der Waals surface area contributed by atoms with Crippen molar-refractivity contribution in [2.24, 2.45) is 0 Å². The zero-order valence-corrected chi connectivity index (χ0v) is 21.3. The van der Waals surface area contributed by atoms with Gasteiger partial charge in [0.1, 0.15) is 22.6 Å². The van der Waals surface area contributed by atoms with Crippen LogP contribution in [-0.2, 0) is 26.9 Å². The van der Waals surface area contributed by atoms with Crippen LogP contribution in [0.3, 0.4) is 0 Å². The quantitative estimate of drug-likeness (QED) is 0.432. The number of hydrogen-bond acceptors (Lipinski definition) is 8. The van der Waals surface area contributed by atoms with E-state index < -0.39 is 15.1 Å². The van der Waals surface area contributed by atoms with E-state index in [2.05, 4.69) is 21.6 Å². The summed E-state index contributed by atoms with van der Waals surface area (Å²) in [7, 11) is -3.57. The normalized spacial score (nSPS) is 12.3. The highest BCUT2D eigenvalue weighted by atomic mass is 32.2. The average molecular weight is 504 g/mol. The van der Waals surface area contributed by atoms with Crippen LogP contribution in [0.5, 0.6) is 0 Å². The van der Waals surface area contributed by atoms with E-state index in [1.165, 1.54) is 23.1 Å². The largest absolute Gasteiger partial charge is 0.316 e. The van der Waals surface area contributed by atoms with Gasteiger partial charge < -0.3 is 9.88 Å². The van der Waals surface area contributed by atoms with Crippen molar-refractivity contribution in [3.63, 3.8) is 0 Å². The molecule has 174 valence electrons. The van der Waals surface area contributed by atoms with Gasteiger partial charge in [0.2, 0.25) is 5.91 Å². The fourth-order valence-corrected chi connectivity index (χ4v) is 6.55. The molecule has 0 saturated carbocycles. The van der Waals surface area contributed by atoms with Gasteiger partial charge in [0.05, 0.1) is 15.7 Å². The Morgan fingerprint density at radius 1 is 1.24 bits per heavy atom. The number of sulfone groups is 1. The topological polar surface area (TPSA) is 118 Å². The lowest BCUT2D eigenvalue weighted by molar-refractivity contribution is -0.115. The number of thioether (sulfide) groups is 1. The fraction of sp³-hybridized carbons (Fsp3) is 0.364. The molecule has 0 saturated heterocycles. The summed E-state index contributed by atoms with van der Waals surface area (Å²) >= 11 is 2.62. The van der Waals surface area contributed by atoms with E-state index in [1.54, 1.807) is 34.9 Å². The first-order valence-corrected chi connectivity index (χ1v) is 13.7. The third-order valence-corrected chi connectivity index (χ3v) is 9.27. The van der Waals surface area contributed by atoms with E-state index in [-0.39, 0.29) is 16.6 Å². The van der Waals surface area contributed by atoms with E-state index in [0.717, 1.165) is 10.4 Å². The van der Waals surface area contributed by atoms with Crippen molar-refractivity contribution in [1.29, 1.82) is 5.26 Å². The number of hydrogen-bond donors (Lipinski definition) is 1. The third kappa shape index (κ3) is 5.46.